The van der Waals surface area contributed by atoms with Gasteiger partial charge < -0.3 is 5.32 Å². The summed E-state index contributed by atoms with van der Waals surface area (Å²) in [4.78, 5) is 20.9. The first kappa shape index (κ1) is 20.8. The van der Waals surface area contributed by atoms with Crippen molar-refractivity contribution in [2.45, 2.75) is 45.7 Å². The summed E-state index contributed by atoms with van der Waals surface area (Å²) in [6.07, 6.45) is -4.45. The lowest BCUT2D eigenvalue weighted by molar-refractivity contribution is -0.137. The summed E-state index contributed by atoms with van der Waals surface area (Å²) in [6, 6.07) is 7.02. The molecule has 2 heterocycles. The molecule has 0 aliphatic carbocycles. The number of nitrogens with one attached hydrogen (secondary N) is 1. The highest BCUT2D eigenvalue weighted by molar-refractivity contribution is 5.78. The first-order valence-electron chi connectivity index (χ1n) is 9.10. The third-order valence-corrected chi connectivity index (χ3v) is 4.68. The van der Waals surface area contributed by atoms with Gasteiger partial charge in [-0.2, -0.15) is 18.2 Å². The molecule has 2 aromatic heterocycles. The van der Waals surface area contributed by atoms with Gasteiger partial charge in [0.2, 0.25) is 5.91 Å². The number of carbonyl (C=O) groups excluding carboxylic acids is 1. The zero-order valence-corrected chi connectivity index (χ0v) is 16.6. The molecular formula is C20H22F3N5O. The number of fused-ring (bicyclic) bond motifs is 1. The van der Waals surface area contributed by atoms with Crippen LogP contribution in [0.15, 0.2) is 30.3 Å². The Morgan fingerprint density at radius 3 is 2.48 bits per heavy atom. The molecule has 6 nitrogen and oxygen atoms in total. The first-order valence-corrected chi connectivity index (χ1v) is 9.10. The van der Waals surface area contributed by atoms with E-state index in [9.17, 15) is 18.0 Å². The van der Waals surface area contributed by atoms with Gasteiger partial charge in [0.15, 0.2) is 5.82 Å². The van der Waals surface area contributed by atoms with Gasteiger partial charge in [-0.25, -0.2) is 9.50 Å². The van der Waals surface area contributed by atoms with E-state index in [0.717, 1.165) is 23.5 Å². The summed E-state index contributed by atoms with van der Waals surface area (Å²) in [5, 5.41) is 7.06. The SMILES string of the molecule is Cc1cc(C)n2nc(CC(=O)NCC(C)(C)c3cccc(C(F)(F)F)c3)nc2n1. The predicted octanol–water partition coefficient (Wildman–Crippen LogP) is 3.40. The van der Waals surface area contributed by atoms with Crippen molar-refractivity contribution >= 4 is 11.7 Å². The van der Waals surface area contributed by atoms with Crippen molar-refractivity contribution in [1.29, 1.82) is 0 Å². The van der Waals surface area contributed by atoms with Crippen LogP contribution in [0.3, 0.4) is 0 Å². The van der Waals surface area contributed by atoms with Crippen molar-refractivity contribution in [3.05, 3.63) is 58.7 Å². The normalized spacial score (nSPS) is 12.4. The van der Waals surface area contributed by atoms with Gasteiger partial charge in [-0.05, 0) is 31.5 Å². The van der Waals surface area contributed by atoms with Gasteiger partial charge in [0.05, 0.1) is 12.0 Å². The summed E-state index contributed by atoms with van der Waals surface area (Å²) in [7, 11) is 0. The van der Waals surface area contributed by atoms with E-state index < -0.39 is 17.2 Å². The highest BCUT2D eigenvalue weighted by Crippen LogP contribution is 2.32. The molecule has 9 heteroatoms. The van der Waals surface area contributed by atoms with E-state index in [1.54, 1.807) is 24.4 Å². The van der Waals surface area contributed by atoms with Gasteiger partial charge in [-0.1, -0.05) is 32.0 Å². The van der Waals surface area contributed by atoms with E-state index >= 15 is 0 Å². The predicted molar refractivity (Wildman–Crippen MR) is 101 cm³/mol. The molecule has 0 aliphatic heterocycles. The van der Waals surface area contributed by atoms with E-state index in [0.29, 0.717) is 17.2 Å². The van der Waals surface area contributed by atoms with E-state index in [1.807, 2.05) is 19.9 Å². The maximum atomic E-state index is 13.0. The summed E-state index contributed by atoms with van der Waals surface area (Å²) < 4.78 is 40.5. The van der Waals surface area contributed by atoms with Crippen LogP contribution >= 0.6 is 0 Å². The molecule has 0 atom stereocenters. The Balaban J connectivity index is 1.68. The number of hydrogen-bond donors (Lipinski definition) is 1. The number of amides is 1. The van der Waals surface area contributed by atoms with E-state index in [4.69, 9.17) is 0 Å². The van der Waals surface area contributed by atoms with Crippen LogP contribution in [0, 0.1) is 13.8 Å². The number of alkyl halides is 3. The maximum Gasteiger partial charge on any atom is 0.416 e. The topological polar surface area (TPSA) is 72.2 Å². The summed E-state index contributed by atoms with van der Waals surface area (Å²) >= 11 is 0. The molecule has 0 saturated carbocycles. The molecule has 0 fully saturated rings. The Labute approximate surface area is 166 Å². The van der Waals surface area contributed by atoms with E-state index in [1.165, 1.54) is 6.07 Å². The Morgan fingerprint density at radius 2 is 1.79 bits per heavy atom. The fraction of sp³-hybridized carbons (Fsp3) is 0.400. The molecule has 0 spiro atoms. The van der Waals surface area contributed by atoms with E-state index in [2.05, 4.69) is 20.4 Å². The lowest BCUT2D eigenvalue weighted by Gasteiger charge is -2.26. The maximum absolute atomic E-state index is 13.0. The fourth-order valence-electron chi connectivity index (χ4n) is 3.03. The van der Waals surface area contributed by atoms with Crippen LogP contribution in [0.1, 0.15) is 42.2 Å². The second-order valence-corrected chi connectivity index (χ2v) is 7.69. The number of aromatic nitrogens is 4. The Morgan fingerprint density at radius 1 is 1.10 bits per heavy atom. The average Bonchev–Trinajstić information content (AvgIpc) is 3.02. The summed E-state index contributed by atoms with van der Waals surface area (Å²) in [6.45, 7) is 7.46. The minimum Gasteiger partial charge on any atom is -0.355 e. The molecule has 0 saturated heterocycles. The molecule has 0 bridgehead atoms. The zero-order chi connectivity index (χ0) is 21.4. The van der Waals surface area contributed by atoms with Crippen molar-refractivity contribution in [3.63, 3.8) is 0 Å². The Kier molecular flexibility index (Phi) is 5.34. The quantitative estimate of drug-likeness (QED) is 0.706. The Bertz CT molecular complexity index is 1060. The van der Waals surface area contributed by atoms with Crippen molar-refractivity contribution < 1.29 is 18.0 Å². The van der Waals surface area contributed by atoms with Crippen LogP contribution in [0.2, 0.25) is 0 Å². The molecule has 3 aromatic rings. The molecule has 0 unspecified atom stereocenters. The number of hydrogen-bond acceptors (Lipinski definition) is 4. The molecule has 29 heavy (non-hydrogen) atoms. The van der Waals surface area contributed by atoms with E-state index in [-0.39, 0.29) is 18.9 Å². The van der Waals surface area contributed by atoms with Gasteiger partial charge in [-0.15, -0.1) is 5.10 Å². The standard InChI is InChI=1S/C20H22F3N5O/c1-12-8-13(2)28-18(25-12)26-16(27-28)10-17(29)24-11-19(3,4)14-6-5-7-15(9-14)20(21,22)23/h5-9H,10-11H2,1-4H3,(H,24,29). The van der Waals surface area contributed by atoms with Crippen LogP contribution in [0.5, 0.6) is 0 Å². The third kappa shape index (κ3) is 4.72. The van der Waals surface area contributed by atoms with Crippen LogP contribution in [0.4, 0.5) is 13.2 Å². The second-order valence-electron chi connectivity index (χ2n) is 7.69. The average molecular weight is 405 g/mol. The third-order valence-electron chi connectivity index (χ3n) is 4.68. The van der Waals surface area contributed by atoms with Crippen LogP contribution < -0.4 is 5.32 Å². The largest absolute Gasteiger partial charge is 0.416 e. The van der Waals surface area contributed by atoms with Crippen LogP contribution in [-0.4, -0.2) is 32.0 Å². The Hall–Kier alpha value is -2.97. The lowest BCUT2D eigenvalue weighted by atomic mass is 9.83. The van der Waals surface area contributed by atoms with Gasteiger partial charge in [0, 0.05) is 23.3 Å². The lowest BCUT2D eigenvalue weighted by Crippen LogP contribution is -2.37. The van der Waals surface area contributed by atoms with Crippen LogP contribution in [0.25, 0.3) is 5.78 Å². The number of nitrogens with zero attached hydrogens (tertiary/aromatic N) is 4. The highest BCUT2D eigenvalue weighted by atomic mass is 19.4. The summed E-state index contributed by atoms with van der Waals surface area (Å²) in [5.74, 6) is 0.450. The molecule has 3 rings (SSSR count). The number of benzene rings is 1. The monoisotopic (exact) mass is 405 g/mol. The number of carbonyl (C=O) groups is 1. The molecule has 1 N–H and O–H groups in total. The molecular weight excluding hydrogens is 383 g/mol. The minimum atomic E-state index is -4.41. The zero-order valence-electron chi connectivity index (χ0n) is 16.6. The molecule has 1 aromatic carbocycles. The fourth-order valence-corrected chi connectivity index (χ4v) is 3.03. The second kappa shape index (κ2) is 7.46. The first-order chi connectivity index (χ1) is 13.5. The molecule has 154 valence electrons. The highest BCUT2D eigenvalue weighted by Gasteiger charge is 2.32. The molecule has 0 radical (unpaired) electrons. The minimum absolute atomic E-state index is 0.0412. The van der Waals surface area contributed by atoms with Gasteiger partial charge in [-0.3, -0.25) is 4.79 Å². The van der Waals surface area contributed by atoms with Crippen molar-refractivity contribution in [2.24, 2.45) is 0 Å². The van der Waals surface area contributed by atoms with Gasteiger partial charge >= 0.3 is 6.18 Å². The number of halogens is 3. The van der Waals surface area contributed by atoms with Gasteiger partial charge in [0.25, 0.3) is 5.78 Å². The number of rotatable bonds is 5. The number of aryl methyl sites for hydroxylation is 2. The summed E-state index contributed by atoms with van der Waals surface area (Å²) in [5.41, 5.74) is 0.771. The van der Waals surface area contributed by atoms with Crippen molar-refractivity contribution in [1.82, 2.24) is 24.9 Å². The van der Waals surface area contributed by atoms with Crippen molar-refractivity contribution in [2.75, 3.05) is 6.54 Å². The molecule has 0 aliphatic rings. The van der Waals surface area contributed by atoms with Crippen molar-refractivity contribution in [3.8, 4) is 0 Å². The van der Waals surface area contributed by atoms with Gasteiger partial charge in [0.1, 0.15) is 0 Å². The smallest absolute Gasteiger partial charge is 0.355 e. The molecule has 1 amide bonds. The van der Waals surface area contributed by atoms with Crippen LogP contribution in [-0.2, 0) is 22.8 Å².